The van der Waals surface area contributed by atoms with Crippen LogP contribution in [0.4, 0.5) is 0 Å². The number of nitrogens with zero attached hydrogens (tertiary/aromatic N) is 2. The Hall–Kier alpha value is -1.16. The zero-order valence-corrected chi connectivity index (χ0v) is 10.4. The molecule has 0 radical (unpaired) electrons. The van der Waals surface area contributed by atoms with Gasteiger partial charge in [0.15, 0.2) is 0 Å². The van der Waals surface area contributed by atoms with Gasteiger partial charge in [-0.3, -0.25) is 9.48 Å². The summed E-state index contributed by atoms with van der Waals surface area (Å²) in [6.07, 6.45) is 0. The van der Waals surface area contributed by atoms with Crippen LogP contribution in [0, 0.1) is 0 Å². The number of hydrogen-bond acceptors (Lipinski definition) is 2. The highest BCUT2D eigenvalue weighted by atomic mass is 32.2. The summed E-state index contributed by atoms with van der Waals surface area (Å²) in [6, 6.07) is 7.22. The van der Waals surface area contributed by atoms with E-state index in [1.54, 1.807) is 23.9 Å². The van der Waals surface area contributed by atoms with E-state index in [1.165, 1.54) is 0 Å². The molecule has 0 aliphatic carbocycles. The standard InChI is InChI=1S/C11H16N2OS/c1-12(2)11(13(3)4)15-10-7-5-9(14)6-8-10/h5-8H,1-4H3/p+1. The summed E-state index contributed by atoms with van der Waals surface area (Å²) in [4.78, 5) is 3.18. The van der Waals surface area contributed by atoms with Crippen molar-refractivity contribution in [3.63, 3.8) is 0 Å². The molecule has 0 aliphatic heterocycles. The van der Waals surface area contributed by atoms with Crippen LogP contribution < -0.4 is 0 Å². The smallest absolute Gasteiger partial charge is 0.312 e. The molecule has 0 unspecified atom stereocenters. The number of hydrogen-bond donors (Lipinski definition) is 1. The molecule has 15 heavy (non-hydrogen) atoms. The Labute approximate surface area is 95.0 Å². The van der Waals surface area contributed by atoms with Crippen LogP contribution in [0.15, 0.2) is 29.2 Å². The molecule has 0 saturated heterocycles. The fourth-order valence-electron chi connectivity index (χ4n) is 1.20. The zero-order valence-electron chi connectivity index (χ0n) is 9.56. The van der Waals surface area contributed by atoms with E-state index in [1.807, 2.05) is 40.3 Å². The van der Waals surface area contributed by atoms with Crippen molar-refractivity contribution in [2.24, 2.45) is 0 Å². The maximum atomic E-state index is 9.17. The number of phenols is 1. The van der Waals surface area contributed by atoms with E-state index in [0.29, 0.717) is 5.75 Å². The molecule has 1 aromatic carbocycles. The minimum Gasteiger partial charge on any atom is -0.508 e. The van der Waals surface area contributed by atoms with Gasteiger partial charge >= 0.3 is 5.17 Å². The predicted octanol–water partition coefficient (Wildman–Crippen LogP) is 1.67. The first-order valence-corrected chi connectivity index (χ1v) is 5.51. The lowest BCUT2D eigenvalue weighted by atomic mass is 10.3. The first-order valence-electron chi connectivity index (χ1n) is 4.69. The quantitative estimate of drug-likeness (QED) is 0.341. The van der Waals surface area contributed by atoms with Crippen molar-refractivity contribution in [2.75, 3.05) is 28.2 Å². The van der Waals surface area contributed by atoms with Crippen LogP contribution in [-0.4, -0.2) is 47.9 Å². The third-order valence-corrected chi connectivity index (χ3v) is 3.23. The molecule has 0 fully saturated rings. The number of benzene rings is 1. The highest BCUT2D eigenvalue weighted by molar-refractivity contribution is 8.13. The first kappa shape index (κ1) is 11.9. The van der Waals surface area contributed by atoms with Crippen molar-refractivity contribution in [1.82, 2.24) is 4.90 Å². The van der Waals surface area contributed by atoms with Gasteiger partial charge in [-0.05, 0) is 36.0 Å². The van der Waals surface area contributed by atoms with Crippen LogP contribution in [0.2, 0.25) is 0 Å². The molecular weight excluding hydrogens is 208 g/mol. The van der Waals surface area contributed by atoms with E-state index in [-0.39, 0.29) is 0 Å². The molecule has 0 spiro atoms. The van der Waals surface area contributed by atoms with Gasteiger partial charge in [0.1, 0.15) is 5.75 Å². The van der Waals surface area contributed by atoms with Gasteiger partial charge in [-0.2, -0.15) is 0 Å². The number of thioether (sulfide) groups is 1. The van der Waals surface area contributed by atoms with E-state index in [0.717, 1.165) is 10.1 Å². The lowest BCUT2D eigenvalue weighted by Crippen LogP contribution is -2.26. The molecule has 3 nitrogen and oxygen atoms in total. The average Bonchev–Trinajstić information content (AvgIpc) is 2.15. The molecule has 0 atom stereocenters. The van der Waals surface area contributed by atoms with Crippen molar-refractivity contribution in [2.45, 2.75) is 4.90 Å². The molecule has 0 amide bonds. The lowest BCUT2D eigenvalue weighted by molar-refractivity contribution is -0.466. The predicted molar refractivity (Wildman–Crippen MR) is 64.8 cm³/mol. The van der Waals surface area contributed by atoms with Gasteiger partial charge in [0.05, 0.1) is 28.2 Å². The molecular formula is C11H17N2OS+. The van der Waals surface area contributed by atoms with Gasteiger partial charge in [-0.15, -0.1) is 0 Å². The van der Waals surface area contributed by atoms with Crippen molar-refractivity contribution in [3.8, 4) is 5.75 Å². The highest BCUT2D eigenvalue weighted by Crippen LogP contribution is 2.22. The van der Waals surface area contributed by atoms with Gasteiger partial charge in [0, 0.05) is 4.90 Å². The SMILES string of the molecule is CN(C)C(Sc1ccc(O)cc1)=[N+](C)C. The maximum absolute atomic E-state index is 9.17. The summed E-state index contributed by atoms with van der Waals surface area (Å²) in [5.74, 6) is 0.301. The minimum atomic E-state index is 0.301. The zero-order chi connectivity index (χ0) is 11.4. The normalized spacial score (nSPS) is 9.87. The summed E-state index contributed by atoms with van der Waals surface area (Å²) >= 11 is 1.67. The largest absolute Gasteiger partial charge is 0.508 e. The second-order valence-electron chi connectivity index (χ2n) is 3.67. The lowest BCUT2D eigenvalue weighted by Gasteiger charge is -2.10. The number of amidine groups is 1. The van der Waals surface area contributed by atoms with Crippen LogP contribution in [0.1, 0.15) is 0 Å². The van der Waals surface area contributed by atoms with Gasteiger partial charge < -0.3 is 5.11 Å². The van der Waals surface area contributed by atoms with Gasteiger partial charge in [-0.25, -0.2) is 0 Å². The molecule has 4 heteroatoms. The van der Waals surface area contributed by atoms with Crippen molar-refractivity contribution in [3.05, 3.63) is 24.3 Å². The summed E-state index contributed by atoms with van der Waals surface area (Å²) < 4.78 is 2.07. The molecule has 0 heterocycles. The minimum absolute atomic E-state index is 0.301. The number of phenolic OH excluding ortho intramolecular Hbond substituents is 1. The summed E-state index contributed by atoms with van der Waals surface area (Å²) in [5.41, 5.74) is 0. The fourth-order valence-corrected chi connectivity index (χ4v) is 2.05. The molecule has 1 aromatic rings. The first-order chi connectivity index (χ1) is 7.00. The monoisotopic (exact) mass is 225 g/mol. The Morgan fingerprint density at radius 3 is 2.13 bits per heavy atom. The van der Waals surface area contributed by atoms with Gasteiger partial charge in [-0.1, -0.05) is 0 Å². The average molecular weight is 225 g/mol. The fraction of sp³-hybridized carbons (Fsp3) is 0.364. The molecule has 1 rings (SSSR count). The Balaban J connectivity index is 2.85. The van der Waals surface area contributed by atoms with E-state index >= 15 is 0 Å². The Morgan fingerprint density at radius 2 is 1.73 bits per heavy atom. The van der Waals surface area contributed by atoms with Crippen molar-refractivity contribution < 1.29 is 9.68 Å². The van der Waals surface area contributed by atoms with Gasteiger partial charge in [0.2, 0.25) is 0 Å². The molecule has 0 aromatic heterocycles. The third kappa shape index (κ3) is 3.47. The maximum Gasteiger partial charge on any atom is 0.312 e. The Kier molecular flexibility index (Phi) is 4.03. The Bertz CT molecular complexity index is 353. The second-order valence-corrected chi connectivity index (χ2v) is 4.71. The van der Waals surface area contributed by atoms with Crippen LogP contribution in [0.25, 0.3) is 0 Å². The van der Waals surface area contributed by atoms with Gasteiger partial charge in [0.25, 0.3) is 0 Å². The van der Waals surface area contributed by atoms with Crippen LogP contribution in [0.3, 0.4) is 0 Å². The van der Waals surface area contributed by atoms with Crippen LogP contribution in [-0.2, 0) is 0 Å². The third-order valence-electron chi connectivity index (χ3n) is 1.81. The Morgan fingerprint density at radius 1 is 1.20 bits per heavy atom. The van der Waals surface area contributed by atoms with E-state index < -0.39 is 0 Å². The van der Waals surface area contributed by atoms with E-state index in [2.05, 4.69) is 9.48 Å². The second kappa shape index (κ2) is 5.07. The van der Waals surface area contributed by atoms with Crippen LogP contribution in [0.5, 0.6) is 5.75 Å². The number of rotatable bonds is 1. The molecule has 82 valence electrons. The summed E-state index contributed by atoms with van der Waals surface area (Å²) in [5, 5.41) is 10.3. The van der Waals surface area contributed by atoms with Crippen molar-refractivity contribution in [1.29, 1.82) is 0 Å². The molecule has 0 saturated carbocycles. The van der Waals surface area contributed by atoms with E-state index in [4.69, 9.17) is 0 Å². The summed E-state index contributed by atoms with van der Waals surface area (Å²) in [6.45, 7) is 0. The topological polar surface area (TPSA) is 26.5 Å². The van der Waals surface area contributed by atoms with Crippen LogP contribution >= 0.6 is 11.8 Å². The number of aromatic hydroxyl groups is 1. The summed E-state index contributed by atoms with van der Waals surface area (Å²) in [7, 11) is 8.07. The molecule has 0 aliphatic rings. The van der Waals surface area contributed by atoms with Crippen molar-refractivity contribution >= 4 is 16.9 Å². The van der Waals surface area contributed by atoms with E-state index in [9.17, 15) is 5.11 Å². The molecule has 0 bridgehead atoms. The molecule has 1 N–H and O–H groups in total. The highest BCUT2D eigenvalue weighted by Gasteiger charge is 2.13.